The number of ether oxygens (including phenoxy) is 1. The Morgan fingerprint density at radius 2 is 2.06 bits per heavy atom. The first kappa shape index (κ1) is 14.5. The predicted molar refractivity (Wildman–Crippen MR) is 66.7 cm³/mol. The van der Waals surface area contributed by atoms with Gasteiger partial charge in [-0.1, -0.05) is 19.8 Å². The summed E-state index contributed by atoms with van der Waals surface area (Å²) in [5.41, 5.74) is -0.854. The SMILES string of the molecule is CCC(C)(OC)C(=O)NCC1(CO)CCCC1. The lowest BCUT2D eigenvalue weighted by atomic mass is 9.87. The fourth-order valence-corrected chi connectivity index (χ4v) is 2.37. The van der Waals surface area contributed by atoms with E-state index in [1.807, 2.05) is 6.92 Å². The summed E-state index contributed by atoms with van der Waals surface area (Å²) < 4.78 is 5.26. The molecule has 1 atom stereocenters. The maximum Gasteiger partial charge on any atom is 0.251 e. The van der Waals surface area contributed by atoms with Gasteiger partial charge in [0.15, 0.2) is 0 Å². The molecular weight excluding hydrogens is 218 g/mol. The lowest BCUT2D eigenvalue weighted by Gasteiger charge is -2.30. The summed E-state index contributed by atoms with van der Waals surface area (Å²) in [6, 6.07) is 0. The monoisotopic (exact) mass is 243 g/mol. The molecule has 2 N–H and O–H groups in total. The second kappa shape index (κ2) is 5.83. The van der Waals surface area contributed by atoms with Gasteiger partial charge in [-0.2, -0.15) is 0 Å². The van der Waals surface area contributed by atoms with Crippen molar-refractivity contribution in [2.24, 2.45) is 5.41 Å². The molecule has 1 aliphatic rings. The first-order valence-corrected chi connectivity index (χ1v) is 6.46. The molecule has 1 rings (SSSR count). The van der Waals surface area contributed by atoms with Crippen LogP contribution in [-0.4, -0.2) is 36.9 Å². The molecule has 17 heavy (non-hydrogen) atoms. The van der Waals surface area contributed by atoms with E-state index in [4.69, 9.17) is 4.74 Å². The molecule has 4 nitrogen and oxygen atoms in total. The highest BCUT2D eigenvalue weighted by Gasteiger charge is 2.36. The van der Waals surface area contributed by atoms with Crippen molar-refractivity contribution in [3.8, 4) is 0 Å². The molecule has 1 unspecified atom stereocenters. The lowest BCUT2D eigenvalue weighted by Crippen LogP contribution is -2.49. The third-order valence-corrected chi connectivity index (χ3v) is 4.23. The van der Waals surface area contributed by atoms with Crippen LogP contribution >= 0.6 is 0 Å². The molecule has 0 heterocycles. The fourth-order valence-electron chi connectivity index (χ4n) is 2.37. The number of rotatable bonds is 6. The molecule has 0 aliphatic heterocycles. The zero-order valence-corrected chi connectivity index (χ0v) is 11.2. The summed E-state index contributed by atoms with van der Waals surface area (Å²) in [4.78, 5) is 12.0. The molecular formula is C13H25NO3. The van der Waals surface area contributed by atoms with E-state index in [-0.39, 0.29) is 17.9 Å². The summed E-state index contributed by atoms with van der Waals surface area (Å²) in [6.07, 6.45) is 4.93. The van der Waals surface area contributed by atoms with Crippen LogP contribution in [0, 0.1) is 5.41 Å². The summed E-state index contributed by atoms with van der Waals surface area (Å²) in [6.45, 7) is 4.44. The molecule has 1 saturated carbocycles. The Balaban J connectivity index is 2.52. The van der Waals surface area contributed by atoms with Crippen molar-refractivity contribution in [3.05, 3.63) is 0 Å². The number of aliphatic hydroxyl groups excluding tert-OH is 1. The predicted octanol–water partition coefficient (Wildman–Crippen LogP) is 1.47. The number of carbonyl (C=O) groups excluding carboxylic acids is 1. The summed E-state index contributed by atoms with van der Waals surface area (Å²) in [7, 11) is 1.56. The van der Waals surface area contributed by atoms with E-state index in [0.717, 1.165) is 25.7 Å². The van der Waals surface area contributed by atoms with Gasteiger partial charge >= 0.3 is 0 Å². The van der Waals surface area contributed by atoms with Crippen LogP contribution in [0.15, 0.2) is 0 Å². The number of nitrogens with one attached hydrogen (secondary N) is 1. The Kier molecular flexibility index (Phi) is 4.95. The molecule has 100 valence electrons. The lowest BCUT2D eigenvalue weighted by molar-refractivity contribution is -0.142. The van der Waals surface area contributed by atoms with Gasteiger partial charge in [-0.25, -0.2) is 0 Å². The highest BCUT2D eigenvalue weighted by molar-refractivity contribution is 5.84. The van der Waals surface area contributed by atoms with E-state index in [9.17, 15) is 9.90 Å². The van der Waals surface area contributed by atoms with Crippen molar-refractivity contribution in [2.45, 2.75) is 51.6 Å². The third kappa shape index (κ3) is 3.19. The number of carbonyl (C=O) groups is 1. The van der Waals surface area contributed by atoms with Crippen LogP contribution < -0.4 is 5.32 Å². The zero-order valence-electron chi connectivity index (χ0n) is 11.2. The topological polar surface area (TPSA) is 58.6 Å². The highest BCUT2D eigenvalue weighted by Crippen LogP contribution is 2.37. The minimum atomic E-state index is -0.755. The number of hydrogen-bond donors (Lipinski definition) is 2. The molecule has 4 heteroatoms. The van der Waals surface area contributed by atoms with Gasteiger partial charge in [0.1, 0.15) is 5.60 Å². The summed E-state index contributed by atoms with van der Waals surface area (Å²) in [5, 5.41) is 12.4. The summed E-state index contributed by atoms with van der Waals surface area (Å²) >= 11 is 0. The van der Waals surface area contributed by atoms with Crippen LogP contribution in [0.25, 0.3) is 0 Å². The molecule has 1 fully saturated rings. The van der Waals surface area contributed by atoms with E-state index in [2.05, 4.69) is 5.32 Å². The molecule has 1 amide bonds. The van der Waals surface area contributed by atoms with Crippen molar-refractivity contribution in [3.63, 3.8) is 0 Å². The van der Waals surface area contributed by atoms with Gasteiger partial charge in [0.05, 0.1) is 6.61 Å². The van der Waals surface area contributed by atoms with Gasteiger partial charge < -0.3 is 15.2 Å². The third-order valence-electron chi connectivity index (χ3n) is 4.23. The van der Waals surface area contributed by atoms with Gasteiger partial charge in [-0.05, 0) is 26.2 Å². The van der Waals surface area contributed by atoms with Crippen molar-refractivity contribution in [2.75, 3.05) is 20.3 Å². The highest BCUT2D eigenvalue weighted by atomic mass is 16.5. The van der Waals surface area contributed by atoms with Gasteiger partial charge in [-0.3, -0.25) is 4.79 Å². The molecule has 0 aromatic carbocycles. The summed E-state index contributed by atoms with van der Waals surface area (Å²) in [5.74, 6) is -0.0813. The van der Waals surface area contributed by atoms with Crippen LogP contribution in [0.4, 0.5) is 0 Å². The second-order valence-corrected chi connectivity index (χ2v) is 5.34. The van der Waals surface area contributed by atoms with Crippen LogP contribution in [0.3, 0.4) is 0 Å². The number of amides is 1. The zero-order chi connectivity index (χ0) is 12.9. The Morgan fingerprint density at radius 1 is 1.47 bits per heavy atom. The van der Waals surface area contributed by atoms with Gasteiger partial charge in [0.2, 0.25) is 0 Å². The fraction of sp³-hybridized carbons (Fsp3) is 0.923. The van der Waals surface area contributed by atoms with Crippen LogP contribution in [0.2, 0.25) is 0 Å². The average Bonchev–Trinajstić information content (AvgIpc) is 2.84. The molecule has 0 radical (unpaired) electrons. The van der Waals surface area contributed by atoms with Crippen LogP contribution in [0.1, 0.15) is 46.0 Å². The quantitative estimate of drug-likeness (QED) is 0.742. The van der Waals surface area contributed by atoms with Crippen molar-refractivity contribution >= 4 is 5.91 Å². The average molecular weight is 243 g/mol. The minimum Gasteiger partial charge on any atom is -0.396 e. The van der Waals surface area contributed by atoms with Crippen LogP contribution in [-0.2, 0) is 9.53 Å². The second-order valence-electron chi connectivity index (χ2n) is 5.34. The Bertz CT molecular complexity index is 255. The van der Waals surface area contributed by atoms with Gasteiger partial charge in [0, 0.05) is 19.1 Å². The first-order chi connectivity index (χ1) is 8.02. The van der Waals surface area contributed by atoms with Gasteiger partial charge in [0.25, 0.3) is 5.91 Å². The van der Waals surface area contributed by atoms with Gasteiger partial charge in [-0.15, -0.1) is 0 Å². The van der Waals surface area contributed by atoms with Crippen molar-refractivity contribution in [1.82, 2.24) is 5.32 Å². The van der Waals surface area contributed by atoms with E-state index in [1.54, 1.807) is 14.0 Å². The normalized spacial score (nSPS) is 22.1. The van der Waals surface area contributed by atoms with E-state index >= 15 is 0 Å². The Hall–Kier alpha value is -0.610. The molecule has 1 aliphatic carbocycles. The molecule has 0 saturated heterocycles. The molecule has 0 spiro atoms. The standard InChI is InChI=1S/C13H25NO3/c1-4-12(2,17-3)11(16)14-9-13(10-15)7-5-6-8-13/h15H,4-10H2,1-3H3,(H,14,16). The number of aliphatic hydroxyl groups is 1. The van der Waals surface area contributed by atoms with E-state index < -0.39 is 5.60 Å². The largest absolute Gasteiger partial charge is 0.396 e. The van der Waals surface area contributed by atoms with E-state index in [1.165, 1.54) is 0 Å². The maximum atomic E-state index is 12.0. The Morgan fingerprint density at radius 3 is 2.47 bits per heavy atom. The first-order valence-electron chi connectivity index (χ1n) is 6.46. The van der Waals surface area contributed by atoms with E-state index in [0.29, 0.717) is 13.0 Å². The van der Waals surface area contributed by atoms with Crippen molar-refractivity contribution in [1.29, 1.82) is 0 Å². The van der Waals surface area contributed by atoms with Crippen LogP contribution in [0.5, 0.6) is 0 Å². The molecule has 0 aromatic heterocycles. The smallest absolute Gasteiger partial charge is 0.251 e. The number of methoxy groups -OCH3 is 1. The molecule has 0 aromatic rings. The number of hydrogen-bond acceptors (Lipinski definition) is 3. The molecule has 0 bridgehead atoms. The van der Waals surface area contributed by atoms with Crippen molar-refractivity contribution < 1.29 is 14.6 Å². The Labute approximate surface area is 104 Å². The minimum absolute atomic E-state index is 0.0813. The maximum absolute atomic E-state index is 12.0.